The molecule has 0 spiro atoms. The number of carbonyl (C=O) groups is 1. The minimum Gasteiger partial charge on any atom is -0.368 e. The smallest absolute Gasteiger partial charge is 0.253 e. The molecule has 27 heavy (non-hydrogen) atoms. The Morgan fingerprint density at radius 3 is 2.67 bits per heavy atom. The number of nitrogens with zero attached hydrogens (tertiary/aromatic N) is 4. The van der Waals surface area contributed by atoms with Crippen LogP contribution in [0.3, 0.4) is 0 Å². The SMILES string of the molecule is Cc1ccnc(Nc2cc(NCCNC(=O)c3cncc(F)c3)ncn2)c1. The summed E-state index contributed by atoms with van der Waals surface area (Å²) in [6.07, 6.45) is 5.51. The van der Waals surface area contributed by atoms with E-state index in [-0.39, 0.29) is 11.5 Å². The highest BCUT2D eigenvalue weighted by Gasteiger charge is 2.06. The van der Waals surface area contributed by atoms with E-state index in [2.05, 4.69) is 35.9 Å². The van der Waals surface area contributed by atoms with E-state index < -0.39 is 5.82 Å². The molecule has 0 saturated carbocycles. The highest BCUT2D eigenvalue weighted by Crippen LogP contribution is 2.14. The van der Waals surface area contributed by atoms with E-state index >= 15 is 0 Å². The van der Waals surface area contributed by atoms with Crippen molar-refractivity contribution in [3.63, 3.8) is 0 Å². The van der Waals surface area contributed by atoms with Crippen LogP contribution in [0.1, 0.15) is 15.9 Å². The second kappa shape index (κ2) is 8.65. The number of amides is 1. The molecule has 0 aliphatic carbocycles. The maximum absolute atomic E-state index is 13.1. The van der Waals surface area contributed by atoms with E-state index in [1.54, 1.807) is 12.3 Å². The molecule has 3 rings (SSSR count). The largest absolute Gasteiger partial charge is 0.368 e. The maximum atomic E-state index is 13.1. The van der Waals surface area contributed by atoms with E-state index in [9.17, 15) is 9.18 Å². The summed E-state index contributed by atoms with van der Waals surface area (Å²) in [5.41, 5.74) is 1.26. The first-order chi connectivity index (χ1) is 13.1. The number of hydrogen-bond donors (Lipinski definition) is 3. The van der Waals surface area contributed by atoms with Gasteiger partial charge in [0.05, 0.1) is 11.8 Å². The Labute approximate surface area is 155 Å². The average molecular weight is 367 g/mol. The van der Waals surface area contributed by atoms with Gasteiger partial charge >= 0.3 is 0 Å². The van der Waals surface area contributed by atoms with Crippen LogP contribution >= 0.6 is 0 Å². The van der Waals surface area contributed by atoms with Crippen LogP contribution in [0.2, 0.25) is 0 Å². The second-order valence-corrected chi connectivity index (χ2v) is 5.71. The number of carbonyl (C=O) groups excluding carboxylic acids is 1. The molecule has 0 radical (unpaired) electrons. The highest BCUT2D eigenvalue weighted by atomic mass is 19.1. The van der Waals surface area contributed by atoms with Crippen molar-refractivity contribution in [2.75, 3.05) is 23.7 Å². The molecule has 0 fully saturated rings. The average Bonchev–Trinajstić information content (AvgIpc) is 2.65. The molecule has 3 heterocycles. The number of nitrogens with one attached hydrogen (secondary N) is 3. The van der Waals surface area contributed by atoms with Gasteiger partial charge in [-0.2, -0.15) is 0 Å². The van der Waals surface area contributed by atoms with E-state index in [1.807, 2.05) is 19.1 Å². The number of aryl methyl sites for hydroxylation is 1. The van der Waals surface area contributed by atoms with Gasteiger partial charge < -0.3 is 16.0 Å². The Morgan fingerprint density at radius 1 is 1.04 bits per heavy atom. The van der Waals surface area contributed by atoms with Gasteiger partial charge in [-0.25, -0.2) is 19.3 Å². The summed E-state index contributed by atoms with van der Waals surface area (Å²) in [5, 5.41) is 8.87. The molecule has 9 heteroatoms. The van der Waals surface area contributed by atoms with Crippen LogP contribution in [0.25, 0.3) is 0 Å². The lowest BCUT2D eigenvalue weighted by atomic mass is 10.2. The number of anilines is 3. The lowest BCUT2D eigenvalue weighted by molar-refractivity contribution is 0.0954. The van der Waals surface area contributed by atoms with Gasteiger partial charge in [-0.05, 0) is 30.7 Å². The fourth-order valence-corrected chi connectivity index (χ4v) is 2.26. The lowest BCUT2D eigenvalue weighted by Gasteiger charge is -2.09. The summed E-state index contributed by atoms with van der Waals surface area (Å²) in [5.74, 6) is 0.946. The van der Waals surface area contributed by atoms with E-state index in [0.717, 1.165) is 17.8 Å². The topological polar surface area (TPSA) is 105 Å². The number of halogens is 1. The first-order valence-corrected chi connectivity index (χ1v) is 8.24. The fourth-order valence-electron chi connectivity index (χ4n) is 2.26. The predicted octanol–water partition coefficient (Wildman–Crippen LogP) is 2.30. The summed E-state index contributed by atoms with van der Waals surface area (Å²) >= 11 is 0. The summed E-state index contributed by atoms with van der Waals surface area (Å²) in [7, 11) is 0. The Balaban J connectivity index is 1.49. The molecular formula is C18H18FN7O. The van der Waals surface area contributed by atoms with E-state index in [1.165, 1.54) is 12.5 Å². The third-order valence-corrected chi connectivity index (χ3v) is 3.52. The molecule has 0 atom stereocenters. The second-order valence-electron chi connectivity index (χ2n) is 5.71. The first kappa shape index (κ1) is 18.2. The lowest BCUT2D eigenvalue weighted by Crippen LogP contribution is -2.29. The fraction of sp³-hybridized carbons (Fsp3) is 0.167. The van der Waals surface area contributed by atoms with Crippen molar-refractivity contribution in [2.45, 2.75) is 6.92 Å². The monoisotopic (exact) mass is 367 g/mol. The van der Waals surface area contributed by atoms with Gasteiger partial charge in [-0.15, -0.1) is 0 Å². The molecule has 0 aromatic carbocycles. The van der Waals surface area contributed by atoms with Crippen LogP contribution in [0, 0.1) is 12.7 Å². The van der Waals surface area contributed by atoms with Gasteiger partial charge in [-0.3, -0.25) is 9.78 Å². The zero-order valence-electron chi connectivity index (χ0n) is 14.6. The quantitative estimate of drug-likeness (QED) is 0.550. The van der Waals surface area contributed by atoms with Gasteiger partial charge in [0.1, 0.15) is 29.6 Å². The summed E-state index contributed by atoms with van der Waals surface area (Å²) < 4.78 is 13.1. The van der Waals surface area contributed by atoms with Crippen molar-refractivity contribution in [1.29, 1.82) is 0 Å². The Morgan fingerprint density at radius 2 is 1.85 bits per heavy atom. The van der Waals surface area contributed by atoms with Gasteiger partial charge in [-0.1, -0.05) is 0 Å². The molecule has 3 aromatic heterocycles. The molecule has 0 bridgehead atoms. The van der Waals surface area contributed by atoms with Crippen molar-refractivity contribution in [2.24, 2.45) is 0 Å². The van der Waals surface area contributed by atoms with Gasteiger partial charge in [0.15, 0.2) is 0 Å². The van der Waals surface area contributed by atoms with Crippen LogP contribution in [0.4, 0.5) is 21.8 Å². The molecule has 0 unspecified atom stereocenters. The maximum Gasteiger partial charge on any atom is 0.253 e. The third kappa shape index (κ3) is 5.43. The third-order valence-electron chi connectivity index (χ3n) is 3.52. The van der Waals surface area contributed by atoms with Gasteiger partial charge in [0.25, 0.3) is 5.91 Å². The van der Waals surface area contributed by atoms with Gasteiger partial charge in [0.2, 0.25) is 0 Å². The van der Waals surface area contributed by atoms with Crippen LogP contribution in [0.15, 0.2) is 49.2 Å². The normalized spacial score (nSPS) is 10.3. The molecule has 1 amide bonds. The number of rotatable bonds is 7. The molecule has 3 N–H and O–H groups in total. The Bertz CT molecular complexity index is 935. The number of hydrogen-bond acceptors (Lipinski definition) is 7. The Kier molecular flexibility index (Phi) is 5.83. The molecule has 0 aliphatic heterocycles. The number of pyridine rings is 2. The minimum atomic E-state index is -0.551. The predicted molar refractivity (Wildman–Crippen MR) is 99.3 cm³/mol. The van der Waals surface area contributed by atoms with Crippen molar-refractivity contribution in [3.05, 3.63) is 66.1 Å². The van der Waals surface area contributed by atoms with Crippen LogP contribution in [-0.4, -0.2) is 38.9 Å². The standard InChI is InChI=1S/C18H18FN7O/c1-12-2-3-21-16(6-12)26-17-8-15(24-11-25-17)22-4-5-23-18(27)13-7-14(19)10-20-9-13/h2-3,6-11H,4-5H2,1H3,(H,23,27)(H2,21,22,24,25,26). The van der Waals surface area contributed by atoms with Crippen molar-refractivity contribution < 1.29 is 9.18 Å². The molecular weight excluding hydrogens is 349 g/mol. The summed E-state index contributed by atoms with van der Waals surface area (Å²) in [6.45, 7) is 2.75. The molecule has 3 aromatic rings. The first-order valence-electron chi connectivity index (χ1n) is 8.24. The summed E-state index contributed by atoms with van der Waals surface area (Å²) in [4.78, 5) is 28.1. The Hall–Kier alpha value is -3.62. The minimum absolute atomic E-state index is 0.175. The zero-order chi connectivity index (χ0) is 19.1. The summed E-state index contributed by atoms with van der Waals surface area (Å²) in [6, 6.07) is 6.69. The highest BCUT2D eigenvalue weighted by molar-refractivity contribution is 5.93. The molecule has 8 nitrogen and oxygen atoms in total. The van der Waals surface area contributed by atoms with Gasteiger partial charge in [0, 0.05) is 31.5 Å². The van der Waals surface area contributed by atoms with Crippen molar-refractivity contribution in [3.8, 4) is 0 Å². The van der Waals surface area contributed by atoms with Crippen LogP contribution in [0.5, 0.6) is 0 Å². The van der Waals surface area contributed by atoms with Crippen LogP contribution < -0.4 is 16.0 Å². The number of aromatic nitrogens is 4. The molecule has 0 aliphatic rings. The molecule has 138 valence electrons. The van der Waals surface area contributed by atoms with E-state index in [0.29, 0.717) is 30.5 Å². The zero-order valence-corrected chi connectivity index (χ0v) is 14.6. The van der Waals surface area contributed by atoms with Crippen molar-refractivity contribution >= 4 is 23.4 Å². The van der Waals surface area contributed by atoms with Crippen molar-refractivity contribution in [1.82, 2.24) is 25.3 Å². The van der Waals surface area contributed by atoms with Crippen LogP contribution in [-0.2, 0) is 0 Å². The molecule has 0 saturated heterocycles. The van der Waals surface area contributed by atoms with E-state index in [4.69, 9.17) is 0 Å².